The predicted molar refractivity (Wildman–Crippen MR) is 56.6 cm³/mol. The standard InChI is InChI=1S/C12H15O3/c1-7(13)4-5-10-6-11(14)8(2)9(3)12(10)15/h6,13H,4-5H2,1-3H3. The molecule has 81 valence electrons. The number of rotatable bonds is 3. The lowest BCUT2D eigenvalue weighted by Gasteiger charge is -2.14. The van der Waals surface area contributed by atoms with E-state index in [1.54, 1.807) is 20.8 Å². The maximum absolute atomic E-state index is 11.7. The topological polar surface area (TPSA) is 54.4 Å². The summed E-state index contributed by atoms with van der Waals surface area (Å²) in [6.07, 6.45) is 2.52. The van der Waals surface area contributed by atoms with Gasteiger partial charge in [0.1, 0.15) is 0 Å². The number of Topliss-reactive ketones (excluding diaryl/α,β-unsaturated/α-hetero) is 1. The van der Waals surface area contributed by atoms with E-state index >= 15 is 0 Å². The molecular formula is C12H15O3. The third-order valence-electron chi connectivity index (χ3n) is 2.63. The van der Waals surface area contributed by atoms with Gasteiger partial charge in [-0.15, -0.1) is 0 Å². The number of allylic oxidation sites excluding steroid dienone is 4. The third kappa shape index (κ3) is 2.63. The van der Waals surface area contributed by atoms with Crippen LogP contribution in [0.4, 0.5) is 0 Å². The lowest BCUT2D eigenvalue weighted by molar-refractivity contribution is -0.116. The zero-order valence-corrected chi connectivity index (χ0v) is 9.26. The van der Waals surface area contributed by atoms with Crippen molar-refractivity contribution in [2.24, 2.45) is 0 Å². The Bertz CT molecular complexity index is 359. The highest BCUT2D eigenvalue weighted by Crippen LogP contribution is 2.22. The predicted octanol–water partition coefficient (Wildman–Crippen LogP) is 2.11. The fourth-order valence-electron chi connectivity index (χ4n) is 1.43. The van der Waals surface area contributed by atoms with Crippen molar-refractivity contribution >= 4 is 11.6 Å². The van der Waals surface area contributed by atoms with Crippen molar-refractivity contribution in [1.29, 1.82) is 0 Å². The summed E-state index contributed by atoms with van der Waals surface area (Å²) >= 11 is 0. The second-order valence-corrected chi connectivity index (χ2v) is 3.85. The minimum Gasteiger partial charge on any atom is -0.387 e. The van der Waals surface area contributed by atoms with Gasteiger partial charge in [0.15, 0.2) is 11.6 Å². The summed E-state index contributed by atoms with van der Waals surface area (Å²) in [7, 11) is 0. The molecule has 0 saturated heterocycles. The lowest BCUT2D eigenvalue weighted by atomic mass is 9.89. The summed E-state index contributed by atoms with van der Waals surface area (Å²) in [5.74, 6) is -0.175. The van der Waals surface area contributed by atoms with E-state index in [0.29, 0.717) is 29.6 Å². The van der Waals surface area contributed by atoms with Crippen molar-refractivity contribution in [1.82, 2.24) is 0 Å². The molecular weight excluding hydrogens is 192 g/mol. The molecule has 1 radical (unpaired) electrons. The van der Waals surface area contributed by atoms with Crippen LogP contribution in [0.1, 0.15) is 33.6 Å². The Balaban J connectivity index is 2.81. The first-order valence-corrected chi connectivity index (χ1v) is 4.92. The minimum absolute atomic E-state index is 0.0756. The fraction of sp³-hybridized carbons (Fsp3) is 0.417. The number of carbonyl (C=O) groups is 2. The number of aliphatic hydroxyl groups is 1. The zero-order chi connectivity index (χ0) is 11.6. The van der Waals surface area contributed by atoms with E-state index in [2.05, 4.69) is 0 Å². The molecule has 1 rings (SSSR count). The van der Waals surface area contributed by atoms with Gasteiger partial charge in [-0.3, -0.25) is 9.59 Å². The Hall–Kier alpha value is -1.22. The highest BCUT2D eigenvalue weighted by molar-refractivity contribution is 6.22. The largest absolute Gasteiger partial charge is 0.387 e. The smallest absolute Gasteiger partial charge is 0.185 e. The molecule has 0 spiro atoms. The first kappa shape index (κ1) is 11.9. The number of hydrogen-bond donors (Lipinski definition) is 1. The molecule has 0 saturated carbocycles. The molecule has 0 unspecified atom stereocenters. The van der Waals surface area contributed by atoms with Crippen LogP contribution in [0.25, 0.3) is 0 Å². The van der Waals surface area contributed by atoms with Crippen LogP contribution < -0.4 is 0 Å². The van der Waals surface area contributed by atoms with Gasteiger partial charge in [-0.25, -0.2) is 0 Å². The third-order valence-corrected chi connectivity index (χ3v) is 2.63. The second kappa shape index (κ2) is 4.53. The quantitative estimate of drug-likeness (QED) is 0.721. The summed E-state index contributed by atoms with van der Waals surface area (Å²) in [4.78, 5) is 23.2. The van der Waals surface area contributed by atoms with Crippen molar-refractivity contribution in [2.75, 3.05) is 0 Å². The molecule has 0 aromatic rings. The Morgan fingerprint density at radius 3 is 2.40 bits per heavy atom. The van der Waals surface area contributed by atoms with Gasteiger partial charge < -0.3 is 5.11 Å². The van der Waals surface area contributed by atoms with Crippen molar-refractivity contribution in [3.63, 3.8) is 0 Å². The zero-order valence-electron chi connectivity index (χ0n) is 9.26. The fourth-order valence-corrected chi connectivity index (χ4v) is 1.43. The van der Waals surface area contributed by atoms with Gasteiger partial charge in [-0.2, -0.15) is 0 Å². The number of carbonyl (C=O) groups excluding carboxylic acids is 2. The Morgan fingerprint density at radius 1 is 1.27 bits per heavy atom. The minimum atomic E-state index is -0.0994. The lowest BCUT2D eigenvalue weighted by Crippen LogP contribution is -2.16. The van der Waals surface area contributed by atoms with Crippen LogP contribution in [0.2, 0.25) is 0 Å². The SMILES string of the molecule is C[C](O)CCC1=CC(=O)C(C)=C(C)C1=O. The molecule has 0 aromatic heterocycles. The average Bonchev–Trinajstić information content (AvgIpc) is 2.18. The van der Waals surface area contributed by atoms with E-state index in [9.17, 15) is 9.59 Å². The number of aliphatic hydroxyl groups excluding tert-OH is 1. The van der Waals surface area contributed by atoms with Crippen molar-refractivity contribution in [2.45, 2.75) is 33.6 Å². The van der Waals surface area contributed by atoms with E-state index in [-0.39, 0.29) is 17.7 Å². The highest BCUT2D eigenvalue weighted by Gasteiger charge is 2.22. The molecule has 0 heterocycles. The normalized spacial score (nSPS) is 17.5. The molecule has 15 heavy (non-hydrogen) atoms. The van der Waals surface area contributed by atoms with Gasteiger partial charge in [0.05, 0.1) is 6.10 Å². The molecule has 0 bridgehead atoms. The molecule has 1 aliphatic rings. The summed E-state index contributed by atoms with van der Waals surface area (Å²) < 4.78 is 0. The van der Waals surface area contributed by atoms with E-state index in [1.165, 1.54) is 6.08 Å². The van der Waals surface area contributed by atoms with Crippen LogP contribution in [-0.2, 0) is 9.59 Å². The van der Waals surface area contributed by atoms with Gasteiger partial charge in [-0.05, 0) is 39.7 Å². The van der Waals surface area contributed by atoms with Gasteiger partial charge in [0.2, 0.25) is 0 Å². The van der Waals surface area contributed by atoms with Crippen LogP contribution in [0.3, 0.4) is 0 Å². The van der Waals surface area contributed by atoms with Crippen LogP contribution in [-0.4, -0.2) is 16.7 Å². The van der Waals surface area contributed by atoms with Crippen molar-refractivity contribution < 1.29 is 14.7 Å². The number of hydrogen-bond acceptors (Lipinski definition) is 3. The molecule has 0 aromatic carbocycles. The first-order valence-electron chi connectivity index (χ1n) is 4.92. The van der Waals surface area contributed by atoms with Crippen LogP contribution >= 0.6 is 0 Å². The second-order valence-electron chi connectivity index (χ2n) is 3.85. The van der Waals surface area contributed by atoms with Crippen molar-refractivity contribution in [3.8, 4) is 0 Å². The highest BCUT2D eigenvalue weighted by atomic mass is 16.3. The summed E-state index contributed by atoms with van der Waals surface area (Å²) in [5.41, 5.74) is 1.54. The van der Waals surface area contributed by atoms with Crippen LogP contribution in [0, 0.1) is 6.10 Å². The molecule has 3 heteroatoms. The van der Waals surface area contributed by atoms with Crippen LogP contribution in [0.5, 0.6) is 0 Å². The van der Waals surface area contributed by atoms with E-state index in [1.807, 2.05) is 0 Å². The Kier molecular flexibility index (Phi) is 3.58. The first-order chi connectivity index (χ1) is 6.93. The summed E-state index contributed by atoms with van der Waals surface area (Å²) in [5, 5.41) is 9.03. The Morgan fingerprint density at radius 2 is 1.87 bits per heavy atom. The van der Waals surface area contributed by atoms with Crippen molar-refractivity contribution in [3.05, 3.63) is 28.9 Å². The molecule has 0 aliphatic heterocycles. The number of ketones is 2. The molecule has 0 atom stereocenters. The Labute approximate surface area is 89.5 Å². The molecule has 0 fully saturated rings. The molecule has 0 amide bonds. The van der Waals surface area contributed by atoms with Gasteiger partial charge in [-0.1, -0.05) is 0 Å². The van der Waals surface area contributed by atoms with Gasteiger partial charge in [0.25, 0.3) is 0 Å². The monoisotopic (exact) mass is 207 g/mol. The molecule has 3 nitrogen and oxygen atoms in total. The summed E-state index contributed by atoms with van der Waals surface area (Å²) in [6, 6.07) is 0. The molecule has 1 aliphatic carbocycles. The van der Waals surface area contributed by atoms with Gasteiger partial charge >= 0.3 is 0 Å². The maximum Gasteiger partial charge on any atom is 0.185 e. The van der Waals surface area contributed by atoms with E-state index in [0.717, 1.165) is 0 Å². The summed E-state index contributed by atoms with van der Waals surface area (Å²) in [6.45, 7) is 4.91. The van der Waals surface area contributed by atoms with Gasteiger partial charge in [0, 0.05) is 16.7 Å². The maximum atomic E-state index is 11.7. The van der Waals surface area contributed by atoms with Crippen LogP contribution in [0.15, 0.2) is 22.8 Å². The average molecular weight is 207 g/mol. The molecule has 1 N–H and O–H groups in total. The van der Waals surface area contributed by atoms with E-state index < -0.39 is 0 Å². The van der Waals surface area contributed by atoms with E-state index in [4.69, 9.17) is 5.11 Å².